The highest BCUT2D eigenvalue weighted by Crippen LogP contribution is 2.27. The van der Waals surface area contributed by atoms with Crippen LogP contribution in [0.4, 0.5) is 22.0 Å². The van der Waals surface area contributed by atoms with Crippen LogP contribution in [0.1, 0.15) is 0 Å². The lowest BCUT2D eigenvalue weighted by Gasteiger charge is -2.27. The quantitative estimate of drug-likeness (QED) is 0.414. The summed E-state index contributed by atoms with van der Waals surface area (Å²) in [4.78, 5) is 38.8. The molecule has 5 rings (SSSR count). The van der Waals surface area contributed by atoms with E-state index in [4.69, 9.17) is 9.72 Å². The number of anilines is 3. The van der Waals surface area contributed by atoms with Crippen LogP contribution in [0.25, 0.3) is 22.6 Å². The van der Waals surface area contributed by atoms with Gasteiger partial charge in [-0.3, -0.25) is 4.98 Å². The van der Waals surface area contributed by atoms with Gasteiger partial charge in [-0.1, -0.05) is 5.21 Å². The summed E-state index contributed by atoms with van der Waals surface area (Å²) in [6.07, 6.45) is 3.95. The molecule has 34 heavy (non-hydrogen) atoms. The SMILES string of the molecule is O=CCn1nnc2c(N3CCOCC3)nc(-c3ccc(NC(=O)Nc4cccnc4)cc3)nc21. The van der Waals surface area contributed by atoms with Gasteiger partial charge in [0.1, 0.15) is 12.8 Å². The van der Waals surface area contributed by atoms with Crippen LogP contribution in [0, 0.1) is 0 Å². The number of rotatable bonds is 6. The number of aromatic nitrogens is 6. The highest BCUT2D eigenvalue weighted by Gasteiger charge is 2.22. The van der Waals surface area contributed by atoms with Gasteiger partial charge in [0.15, 0.2) is 22.8 Å². The first-order chi connectivity index (χ1) is 16.7. The number of nitrogens with one attached hydrogen (secondary N) is 2. The molecule has 3 aromatic heterocycles. The molecule has 0 aliphatic carbocycles. The van der Waals surface area contributed by atoms with Crippen molar-refractivity contribution in [3.63, 3.8) is 0 Å². The number of hydrogen-bond donors (Lipinski definition) is 2. The van der Waals surface area contributed by atoms with Crippen LogP contribution >= 0.6 is 0 Å². The molecule has 4 aromatic rings. The Morgan fingerprint density at radius 1 is 1.06 bits per heavy atom. The summed E-state index contributed by atoms with van der Waals surface area (Å²) in [5.74, 6) is 1.12. The predicted molar refractivity (Wildman–Crippen MR) is 125 cm³/mol. The van der Waals surface area contributed by atoms with E-state index in [1.54, 1.807) is 36.7 Å². The van der Waals surface area contributed by atoms with Gasteiger partial charge in [0, 0.05) is 30.5 Å². The number of amides is 2. The molecule has 1 aromatic carbocycles. The third-order valence-electron chi connectivity index (χ3n) is 5.22. The van der Waals surface area contributed by atoms with Gasteiger partial charge in [0.2, 0.25) is 0 Å². The molecule has 12 nitrogen and oxygen atoms in total. The lowest BCUT2D eigenvalue weighted by Crippen LogP contribution is -2.37. The Bertz CT molecular complexity index is 1300. The second-order valence-corrected chi connectivity index (χ2v) is 7.48. The summed E-state index contributed by atoms with van der Waals surface area (Å²) in [5.41, 5.74) is 2.96. The van der Waals surface area contributed by atoms with Gasteiger partial charge in [-0.15, -0.1) is 5.10 Å². The predicted octanol–water partition coefficient (Wildman–Crippen LogP) is 1.96. The van der Waals surface area contributed by atoms with E-state index in [9.17, 15) is 9.59 Å². The number of nitrogens with zero attached hydrogens (tertiary/aromatic N) is 7. The van der Waals surface area contributed by atoms with E-state index in [1.807, 2.05) is 12.1 Å². The molecule has 172 valence electrons. The van der Waals surface area contributed by atoms with Gasteiger partial charge in [0.05, 0.1) is 25.1 Å². The summed E-state index contributed by atoms with van der Waals surface area (Å²) >= 11 is 0. The molecular weight excluding hydrogens is 438 g/mol. The first-order valence-corrected chi connectivity index (χ1v) is 10.7. The monoisotopic (exact) mass is 459 g/mol. The minimum Gasteiger partial charge on any atom is -0.378 e. The fraction of sp³-hybridized carbons (Fsp3) is 0.227. The Hall–Kier alpha value is -4.45. The summed E-state index contributed by atoms with van der Waals surface area (Å²) in [6, 6.07) is 10.3. The van der Waals surface area contributed by atoms with Crippen LogP contribution < -0.4 is 15.5 Å². The normalized spacial score (nSPS) is 13.6. The highest BCUT2D eigenvalue weighted by atomic mass is 16.5. The van der Waals surface area contributed by atoms with E-state index in [0.717, 1.165) is 11.8 Å². The van der Waals surface area contributed by atoms with Crippen molar-refractivity contribution >= 4 is 40.7 Å². The lowest BCUT2D eigenvalue weighted by atomic mass is 10.2. The molecule has 0 spiro atoms. The maximum absolute atomic E-state index is 12.2. The summed E-state index contributed by atoms with van der Waals surface area (Å²) < 4.78 is 6.91. The summed E-state index contributed by atoms with van der Waals surface area (Å²) in [7, 11) is 0. The van der Waals surface area contributed by atoms with Crippen molar-refractivity contribution in [1.82, 2.24) is 29.9 Å². The lowest BCUT2D eigenvalue weighted by molar-refractivity contribution is -0.108. The van der Waals surface area contributed by atoms with Crippen LogP contribution in [0.5, 0.6) is 0 Å². The Morgan fingerprint density at radius 2 is 1.85 bits per heavy atom. The number of carbonyl (C=O) groups excluding carboxylic acids is 2. The molecule has 1 aliphatic rings. The van der Waals surface area contributed by atoms with Crippen molar-refractivity contribution in [3.05, 3.63) is 48.8 Å². The van der Waals surface area contributed by atoms with E-state index < -0.39 is 0 Å². The number of benzene rings is 1. The molecule has 0 bridgehead atoms. The number of urea groups is 1. The van der Waals surface area contributed by atoms with Crippen LogP contribution in [-0.2, 0) is 16.1 Å². The van der Waals surface area contributed by atoms with Crippen LogP contribution in [0.2, 0.25) is 0 Å². The smallest absolute Gasteiger partial charge is 0.323 e. The number of morpholine rings is 1. The fourth-order valence-corrected chi connectivity index (χ4v) is 3.59. The van der Waals surface area contributed by atoms with Crippen molar-refractivity contribution in [1.29, 1.82) is 0 Å². The number of aldehydes is 1. The zero-order valence-electron chi connectivity index (χ0n) is 18.1. The molecule has 1 aliphatic heterocycles. The Balaban J connectivity index is 1.42. The number of ether oxygens (including phenoxy) is 1. The molecule has 0 unspecified atom stereocenters. The largest absolute Gasteiger partial charge is 0.378 e. The molecule has 1 fully saturated rings. The topological polar surface area (TPSA) is 140 Å². The standard InChI is InChI=1S/C22H21N9O3/c32-11-8-31-21-18(28-29-31)20(30-9-12-34-13-10-30)26-19(27-21)15-3-5-16(6-4-15)24-22(33)25-17-2-1-7-23-14-17/h1-7,11,14H,8-10,12-13H2,(H2,24,25,33). The van der Waals surface area contributed by atoms with Gasteiger partial charge >= 0.3 is 6.03 Å². The van der Waals surface area contributed by atoms with Gasteiger partial charge in [-0.25, -0.2) is 19.4 Å². The van der Waals surface area contributed by atoms with Gasteiger partial charge < -0.3 is 25.1 Å². The van der Waals surface area contributed by atoms with Crippen molar-refractivity contribution in [3.8, 4) is 11.4 Å². The first-order valence-electron chi connectivity index (χ1n) is 10.7. The van der Waals surface area contributed by atoms with Crippen LogP contribution in [-0.4, -0.2) is 68.6 Å². The Kier molecular flexibility index (Phi) is 6.03. The van der Waals surface area contributed by atoms with Crippen molar-refractivity contribution in [2.75, 3.05) is 41.8 Å². The maximum Gasteiger partial charge on any atom is 0.323 e. The first kappa shape index (κ1) is 21.4. The van der Waals surface area contributed by atoms with Crippen molar-refractivity contribution in [2.24, 2.45) is 0 Å². The van der Waals surface area contributed by atoms with Crippen molar-refractivity contribution in [2.45, 2.75) is 6.54 Å². The van der Waals surface area contributed by atoms with Gasteiger partial charge in [-0.05, 0) is 36.4 Å². The third-order valence-corrected chi connectivity index (χ3v) is 5.22. The number of fused-ring (bicyclic) bond motifs is 1. The molecule has 12 heteroatoms. The molecule has 0 atom stereocenters. The van der Waals surface area contributed by atoms with Gasteiger partial charge in [-0.2, -0.15) is 0 Å². The van der Waals surface area contributed by atoms with Crippen molar-refractivity contribution < 1.29 is 14.3 Å². The zero-order valence-corrected chi connectivity index (χ0v) is 18.1. The Morgan fingerprint density at radius 3 is 2.59 bits per heavy atom. The summed E-state index contributed by atoms with van der Waals surface area (Å²) in [6.45, 7) is 2.56. The summed E-state index contributed by atoms with van der Waals surface area (Å²) in [5, 5.41) is 13.8. The third kappa shape index (κ3) is 4.52. The number of pyridine rings is 1. The number of hydrogen-bond acceptors (Lipinski definition) is 9. The highest BCUT2D eigenvalue weighted by molar-refractivity contribution is 5.99. The van der Waals surface area contributed by atoms with Crippen LogP contribution in [0.3, 0.4) is 0 Å². The molecule has 2 N–H and O–H groups in total. The zero-order chi connectivity index (χ0) is 23.3. The number of carbonyl (C=O) groups is 2. The molecule has 0 saturated carbocycles. The molecular formula is C22H21N9O3. The molecule has 0 radical (unpaired) electrons. The minimum atomic E-state index is -0.378. The van der Waals surface area contributed by atoms with E-state index in [2.05, 4.69) is 35.8 Å². The van der Waals surface area contributed by atoms with E-state index >= 15 is 0 Å². The Labute approximate surface area is 194 Å². The van der Waals surface area contributed by atoms with Crippen LogP contribution in [0.15, 0.2) is 48.8 Å². The second-order valence-electron chi connectivity index (χ2n) is 7.48. The average Bonchev–Trinajstić information content (AvgIpc) is 3.28. The van der Waals surface area contributed by atoms with E-state index in [0.29, 0.717) is 60.5 Å². The fourth-order valence-electron chi connectivity index (χ4n) is 3.59. The van der Waals surface area contributed by atoms with Gasteiger partial charge in [0.25, 0.3) is 0 Å². The minimum absolute atomic E-state index is 0.0460. The molecule has 1 saturated heterocycles. The second kappa shape index (κ2) is 9.58. The van der Waals surface area contributed by atoms with E-state index in [-0.39, 0.29) is 12.6 Å². The average molecular weight is 459 g/mol. The van der Waals surface area contributed by atoms with E-state index in [1.165, 1.54) is 4.68 Å². The molecule has 2 amide bonds. The molecule has 4 heterocycles. The maximum atomic E-state index is 12.2.